The predicted octanol–water partition coefficient (Wildman–Crippen LogP) is -2.60. The summed E-state index contributed by atoms with van der Waals surface area (Å²) in [5.41, 5.74) is -5.33. The summed E-state index contributed by atoms with van der Waals surface area (Å²) in [4.78, 5) is 82.5. The van der Waals surface area contributed by atoms with Crippen LogP contribution in [-0.4, -0.2) is 47.0 Å². The first-order valence-electron chi connectivity index (χ1n) is 10.4. The molecule has 0 aromatic rings. The van der Waals surface area contributed by atoms with Gasteiger partial charge in [-0.25, -0.2) is 0 Å². The molecular weight excluding hydrogens is 528 g/mol. The van der Waals surface area contributed by atoms with E-state index in [1.165, 1.54) is 83.1 Å². The maximum atomic E-state index is 10.5. The second-order valence-corrected chi connectivity index (χ2v) is 9.87. The van der Waals surface area contributed by atoms with Gasteiger partial charge in [-0.1, -0.05) is 0 Å². The normalized spacial score (nSPS) is 10.7. The number of hydrogen-bond donors (Lipinski definition) is 0. The second-order valence-electron chi connectivity index (χ2n) is 9.87. The quantitative estimate of drug-likeness (QED) is 0.218. The van der Waals surface area contributed by atoms with Crippen molar-refractivity contribution >= 4 is 47.0 Å². The number of carboxylic acid groups (broad SMARTS) is 4. The molecule has 13 heteroatoms. The van der Waals surface area contributed by atoms with Crippen LogP contribution in [0.15, 0.2) is 0 Å². The van der Waals surface area contributed by atoms with Crippen LogP contribution >= 0.6 is 0 Å². The van der Waals surface area contributed by atoms with Crippen LogP contribution in [0.3, 0.4) is 0 Å². The number of carboxylic acids is 4. The third kappa shape index (κ3) is 15.9. The van der Waals surface area contributed by atoms with Crippen LogP contribution in [0.5, 0.6) is 0 Å². The molecule has 0 atom stereocenters. The largest absolute Gasteiger partial charge is 4.00 e. The number of Topliss-reactive ketones (excluding diaryl/α,β-unsaturated/α-hetero) is 4. The van der Waals surface area contributed by atoms with Crippen molar-refractivity contribution in [2.24, 2.45) is 21.7 Å². The molecule has 0 unspecified atom stereocenters. The number of aliphatic carboxylic acids is 4. The first-order chi connectivity index (χ1) is 15.5. The molecule has 37 heavy (non-hydrogen) atoms. The Labute approximate surface area is 232 Å². The van der Waals surface area contributed by atoms with Gasteiger partial charge >= 0.3 is 21.7 Å². The Morgan fingerprint density at radius 3 is 0.432 bits per heavy atom. The Bertz CT molecular complexity index is 672. The van der Waals surface area contributed by atoms with Crippen LogP contribution in [0.4, 0.5) is 0 Å². The molecule has 12 nitrogen and oxygen atoms in total. The molecule has 0 aliphatic heterocycles. The molecule has 0 rings (SSSR count). The number of carbonyl (C=O) groups excluding carboxylic acids is 8. The van der Waals surface area contributed by atoms with Gasteiger partial charge in [-0.2, -0.15) is 0 Å². The molecule has 0 N–H and O–H groups in total. The Morgan fingerprint density at radius 1 is 0.351 bits per heavy atom. The van der Waals surface area contributed by atoms with Crippen molar-refractivity contribution in [1.29, 1.82) is 0 Å². The van der Waals surface area contributed by atoms with Crippen molar-refractivity contribution in [2.75, 3.05) is 0 Å². The minimum atomic E-state index is -1.33. The van der Waals surface area contributed by atoms with Crippen LogP contribution in [0.2, 0.25) is 0 Å². The summed E-state index contributed by atoms with van der Waals surface area (Å²) in [6.45, 7) is 15.5. The Kier molecular flexibility index (Phi) is 20.2. The smallest absolute Gasteiger partial charge is 0.549 e. The van der Waals surface area contributed by atoms with Crippen LogP contribution in [-0.2, 0) is 60.1 Å². The van der Waals surface area contributed by atoms with Gasteiger partial charge in [-0.3, -0.25) is 19.2 Å². The molecule has 0 fully saturated rings. The zero-order valence-corrected chi connectivity index (χ0v) is 25.0. The van der Waals surface area contributed by atoms with E-state index in [2.05, 4.69) is 0 Å². The number of ketones is 4. The molecule has 0 aromatic heterocycles. The maximum absolute atomic E-state index is 10.5. The Morgan fingerprint density at radius 2 is 0.432 bits per heavy atom. The van der Waals surface area contributed by atoms with E-state index in [1.54, 1.807) is 0 Å². The van der Waals surface area contributed by atoms with E-state index in [-0.39, 0.29) is 44.9 Å². The fourth-order valence-corrected chi connectivity index (χ4v) is 0.575. The molecule has 208 valence electrons. The van der Waals surface area contributed by atoms with Crippen LogP contribution in [0.1, 0.15) is 83.1 Å². The molecular formula is C24H36O12Ti. The minimum Gasteiger partial charge on any atom is -0.549 e. The molecule has 0 amide bonds. The Hall–Kier alpha value is -2.73. The first kappa shape index (κ1) is 44.3. The van der Waals surface area contributed by atoms with Gasteiger partial charge in [0.15, 0.2) is 0 Å². The molecule has 0 saturated carbocycles. The fraction of sp³-hybridized carbons (Fsp3) is 0.667. The third-order valence-corrected chi connectivity index (χ3v) is 5.56. The van der Waals surface area contributed by atoms with Crippen molar-refractivity contribution in [3.8, 4) is 0 Å². The third-order valence-electron chi connectivity index (χ3n) is 5.56. The summed E-state index contributed by atoms with van der Waals surface area (Å²) in [6, 6.07) is 0. The van der Waals surface area contributed by atoms with Gasteiger partial charge in [-0.15, -0.1) is 0 Å². The minimum absolute atomic E-state index is 0. The topological polar surface area (TPSA) is 229 Å². The van der Waals surface area contributed by atoms with Crippen LogP contribution in [0, 0.1) is 21.7 Å². The van der Waals surface area contributed by atoms with Crippen LogP contribution in [0.25, 0.3) is 0 Å². The first-order valence-corrected chi connectivity index (χ1v) is 10.4. The average molecular weight is 564 g/mol. The molecule has 0 saturated heterocycles. The monoisotopic (exact) mass is 564 g/mol. The van der Waals surface area contributed by atoms with E-state index in [0.29, 0.717) is 0 Å². The number of carbonyl (C=O) groups is 8. The average Bonchev–Trinajstić information content (AvgIpc) is 2.68. The van der Waals surface area contributed by atoms with E-state index < -0.39 is 45.5 Å². The molecule has 0 heterocycles. The van der Waals surface area contributed by atoms with Crippen molar-refractivity contribution in [1.82, 2.24) is 0 Å². The second kappa shape index (κ2) is 16.9. The van der Waals surface area contributed by atoms with Gasteiger partial charge in [0.05, 0.1) is 45.5 Å². The van der Waals surface area contributed by atoms with E-state index in [9.17, 15) is 58.8 Å². The van der Waals surface area contributed by atoms with E-state index >= 15 is 0 Å². The Balaban J connectivity index is -0.000000122. The number of rotatable bonds is 8. The van der Waals surface area contributed by atoms with E-state index in [0.717, 1.165) is 0 Å². The van der Waals surface area contributed by atoms with Gasteiger partial charge < -0.3 is 39.6 Å². The molecule has 0 spiro atoms. The van der Waals surface area contributed by atoms with Crippen LogP contribution < -0.4 is 20.4 Å². The van der Waals surface area contributed by atoms with Gasteiger partial charge in [0.2, 0.25) is 0 Å². The molecule has 0 radical (unpaired) electrons. The zero-order chi connectivity index (χ0) is 30.6. The molecule has 0 bridgehead atoms. The predicted molar refractivity (Wildman–Crippen MR) is 118 cm³/mol. The summed E-state index contributed by atoms with van der Waals surface area (Å²) >= 11 is 0. The molecule has 0 aliphatic carbocycles. The van der Waals surface area contributed by atoms with Gasteiger partial charge in [0.25, 0.3) is 0 Å². The summed E-state index contributed by atoms with van der Waals surface area (Å²) in [7, 11) is 0. The summed E-state index contributed by atoms with van der Waals surface area (Å²) in [6.07, 6.45) is 0. The van der Waals surface area contributed by atoms with Gasteiger partial charge in [0, 0.05) is 0 Å². The van der Waals surface area contributed by atoms with Gasteiger partial charge in [-0.05, 0) is 83.1 Å². The van der Waals surface area contributed by atoms with Gasteiger partial charge in [0.1, 0.15) is 23.1 Å². The van der Waals surface area contributed by atoms with Crippen molar-refractivity contribution in [2.45, 2.75) is 83.1 Å². The standard InChI is InChI=1S/4C6H10O3.Ti/c4*1-4(7)6(2,3)5(8)9;/h4*1-3H3,(H,8,9);/q;;;;+4/p-4. The van der Waals surface area contributed by atoms with E-state index in [4.69, 9.17) is 0 Å². The summed E-state index contributed by atoms with van der Waals surface area (Å²) in [5, 5.41) is 40.5. The van der Waals surface area contributed by atoms with Crippen molar-refractivity contribution < 1.29 is 80.5 Å². The van der Waals surface area contributed by atoms with E-state index in [1.807, 2.05) is 0 Å². The maximum Gasteiger partial charge on any atom is 4.00 e. The SMILES string of the molecule is CC(=O)C(C)(C)C(=O)[O-].CC(=O)C(C)(C)C(=O)[O-].CC(=O)C(C)(C)C(=O)[O-].CC(=O)C(C)(C)C(=O)[O-].[Ti+4]. The molecule has 0 aromatic carbocycles. The fourth-order valence-electron chi connectivity index (χ4n) is 0.575. The zero-order valence-electron chi connectivity index (χ0n) is 23.4. The number of hydrogen-bond acceptors (Lipinski definition) is 12. The molecule has 0 aliphatic rings. The summed E-state index contributed by atoms with van der Waals surface area (Å²) in [5.74, 6) is -6.84. The van der Waals surface area contributed by atoms with Crippen molar-refractivity contribution in [3.63, 3.8) is 0 Å². The van der Waals surface area contributed by atoms with Crippen molar-refractivity contribution in [3.05, 3.63) is 0 Å². The summed E-state index contributed by atoms with van der Waals surface area (Å²) < 4.78 is 0.